The summed E-state index contributed by atoms with van der Waals surface area (Å²) in [4.78, 5) is 27.7. The minimum absolute atomic E-state index is 0.0691. The Morgan fingerprint density at radius 3 is 2.44 bits per heavy atom. The Morgan fingerprint density at radius 1 is 1.04 bits per heavy atom. The smallest absolute Gasteiger partial charge is 0.268 e. The van der Waals surface area contributed by atoms with Crippen molar-refractivity contribution in [2.45, 2.75) is 20.4 Å². The lowest BCUT2D eigenvalue weighted by molar-refractivity contribution is -0.137. The molecule has 0 saturated carbocycles. The van der Waals surface area contributed by atoms with Crippen molar-refractivity contribution in [2.75, 3.05) is 12.4 Å². The zero-order valence-corrected chi connectivity index (χ0v) is 16.7. The fourth-order valence-electron chi connectivity index (χ4n) is 2.93. The van der Waals surface area contributed by atoms with E-state index in [9.17, 15) is 14.7 Å². The van der Waals surface area contributed by atoms with Gasteiger partial charge in [0.05, 0.1) is 23.6 Å². The number of halogens is 1. The molecule has 1 heterocycles. The van der Waals surface area contributed by atoms with Crippen LogP contribution < -0.4 is 0 Å². The number of aryl methyl sites for hydroxylation is 2. The third kappa shape index (κ3) is 3.95. The first kappa shape index (κ1) is 19.7. The predicted molar refractivity (Wildman–Crippen MR) is 109 cm³/mol. The molecule has 6 heteroatoms. The first-order chi connectivity index (χ1) is 12.9. The third-order valence-corrected chi connectivity index (χ3v) is 5.97. The van der Waals surface area contributed by atoms with Crippen molar-refractivity contribution in [2.24, 2.45) is 0 Å². The molecule has 0 spiro atoms. The molecule has 0 aromatic heterocycles. The Labute approximate surface area is 167 Å². The quantitative estimate of drug-likeness (QED) is 0.744. The number of hydrogen-bond donors (Lipinski definition) is 1. The van der Waals surface area contributed by atoms with Crippen molar-refractivity contribution in [3.05, 3.63) is 74.6 Å². The van der Waals surface area contributed by atoms with Crippen molar-refractivity contribution in [1.82, 2.24) is 4.90 Å². The van der Waals surface area contributed by atoms with Crippen molar-refractivity contribution in [3.63, 3.8) is 0 Å². The van der Waals surface area contributed by atoms with Gasteiger partial charge in [0.2, 0.25) is 0 Å². The molecular formula is C21H20ClNO3S. The van der Waals surface area contributed by atoms with Gasteiger partial charge in [-0.05, 0) is 42.2 Å². The summed E-state index contributed by atoms with van der Waals surface area (Å²) < 4.78 is 0. The van der Waals surface area contributed by atoms with Gasteiger partial charge in [-0.15, -0.1) is 11.8 Å². The van der Waals surface area contributed by atoms with Gasteiger partial charge >= 0.3 is 0 Å². The molecule has 3 rings (SSSR count). The lowest BCUT2D eigenvalue weighted by Crippen LogP contribution is -2.31. The molecule has 0 fully saturated rings. The van der Waals surface area contributed by atoms with Crippen LogP contribution in [0, 0.1) is 13.8 Å². The second kappa shape index (κ2) is 8.30. The van der Waals surface area contributed by atoms with E-state index in [1.165, 1.54) is 16.7 Å². The molecule has 1 aliphatic rings. The second-order valence-corrected chi connectivity index (χ2v) is 7.88. The van der Waals surface area contributed by atoms with Gasteiger partial charge in [0.25, 0.3) is 11.8 Å². The first-order valence-corrected chi connectivity index (χ1v) is 9.95. The minimum Gasteiger partial charge on any atom is -0.396 e. The number of carbonyl (C=O) groups excluding carboxylic acids is 2. The number of carbonyl (C=O) groups is 2. The summed E-state index contributed by atoms with van der Waals surface area (Å²) in [5.74, 6) is -0.321. The number of thioether (sulfide) groups is 1. The summed E-state index contributed by atoms with van der Waals surface area (Å²) in [5.41, 5.74) is 4.01. The van der Waals surface area contributed by atoms with Gasteiger partial charge in [-0.3, -0.25) is 14.5 Å². The molecule has 0 saturated heterocycles. The van der Waals surface area contributed by atoms with Gasteiger partial charge in [0.1, 0.15) is 0 Å². The van der Waals surface area contributed by atoms with Gasteiger partial charge in [0, 0.05) is 10.8 Å². The number of nitrogens with zero attached hydrogens (tertiary/aromatic N) is 1. The van der Waals surface area contributed by atoms with Gasteiger partial charge in [0.15, 0.2) is 0 Å². The largest absolute Gasteiger partial charge is 0.396 e. The summed E-state index contributed by atoms with van der Waals surface area (Å²) in [7, 11) is 0. The first-order valence-electron chi connectivity index (χ1n) is 8.59. The van der Waals surface area contributed by atoms with E-state index in [1.807, 2.05) is 38.1 Å². The van der Waals surface area contributed by atoms with Crippen LogP contribution in [0.25, 0.3) is 5.57 Å². The number of imide groups is 1. The van der Waals surface area contributed by atoms with Crippen LogP contribution in [0.1, 0.15) is 22.3 Å². The van der Waals surface area contributed by atoms with Gasteiger partial charge in [-0.25, -0.2) is 0 Å². The molecule has 0 radical (unpaired) electrons. The highest BCUT2D eigenvalue weighted by molar-refractivity contribution is 8.04. The minimum atomic E-state index is -0.341. The van der Waals surface area contributed by atoms with Gasteiger partial charge in [-0.2, -0.15) is 0 Å². The average Bonchev–Trinajstić information content (AvgIpc) is 2.88. The highest BCUT2D eigenvalue weighted by Crippen LogP contribution is 2.37. The monoisotopic (exact) mass is 401 g/mol. The summed E-state index contributed by atoms with van der Waals surface area (Å²) in [6, 6.07) is 12.9. The number of rotatable bonds is 6. The fraction of sp³-hybridized carbons (Fsp3) is 0.238. The normalized spacial score (nSPS) is 14.4. The molecule has 0 aliphatic carbocycles. The molecule has 2 amide bonds. The van der Waals surface area contributed by atoms with E-state index in [1.54, 1.807) is 18.2 Å². The molecule has 27 heavy (non-hydrogen) atoms. The zero-order chi connectivity index (χ0) is 19.6. The molecule has 1 aliphatic heterocycles. The van der Waals surface area contributed by atoms with Crippen LogP contribution in [0.3, 0.4) is 0 Å². The Hall–Kier alpha value is -2.08. The number of aliphatic hydroxyl groups excluding tert-OH is 1. The Kier molecular flexibility index (Phi) is 6.05. The molecule has 2 aromatic rings. The molecule has 4 nitrogen and oxygen atoms in total. The Balaban J connectivity index is 2.00. The standard InChI is InChI=1S/C21H20ClNO3S/c1-13-7-8-15(11-14(13)2)18-19(27-10-9-24)21(26)23(20(18)25)12-16-5-3-4-6-17(16)22/h3-8,11,24H,9-10,12H2,1-2H3. The SMILES string of the molecule is Cc1ccc(C2=C(SCCO)C(=O)N(Cc3ccccc3Cl)C2=O)cc1C. The lowest BCUT2D eigenvalue weighted by Gasteiger charge is -2.16. The van der Waals surface area contributed by atoms with Crippen molar-refractivity contribution in [1.29, 1.82) is 0 Å². The molecule has 0 unspecified atom stereocenters. The number of benzene rings is 2. The van der Waals surface area contributed by atoms with Crippen LogP contribution in [0.5, 0.6) is 0 Å². The van der Waals surface area contributed by atoms with E-state index in [0.717, 1.165) is 16.7 Å². The maximum absolute atomic E-state index is 13.1. The van der Waals surface area contributed by atoms with Crippen molar-refractivity contribution in [3.8, 4) is 0 Å². The topological polar surface area (TPSA) is 57.6 Å². The number of aliphatic hydroxyl groups is 1. The maximum atomic E-state index is 13.1. The van der Waals surface area contributed by atoms with Crippen LogP contribution >= 0.6 is 23.4 Å². The van der Waals surface area contributed by atoms with E-state index in [2.05, 4.69) is 0 Å². The van der Waals surface area contributed by atoms with E-state index >= 15 is 0 Å². The molecule has 1 N–H and O–H groups in total. The van der Waals surface area contributed by atoms with Crippen molar-refractivity contribution < 1.29 is 14.7 Å². The lowest BCUT2D eigenvalue weighted by atomic mass is 10.0. The van der Waals surface area contributed by atoms with E-state index in [4.69, 9.17) is 11.6 Å². The summed E-state index contributed by atoms with van der Waals surface area (Å²) in [5, 5.41) is 9.70. The van der Waals surface area contributed by atoms with Crippen molar-refractivity contribution >= 4 is 40.8 Å². The number of amides is 2. The van der Waals surface area contributed by atoms with Gasteiger partial charge < -0.3 is 5.11 Å². The zero-order valence-electron chi connectivity index (χ0n) is 15.2. The summed E-state index contributed by atoms with van der Waals surface area (Å²) in [6.45, 7) is 4.03. The van der Waals surface area contributed by atoms with E-state index in [-0.39, 0.29) is 25.0 Å². The number of hydrogen-bond acceptors (Lipinski definition) is 4. The molecule has 140 valence electrons. The molecule has 0 bridgehead atoms. The second-order valence-electron chi connectivity index (χ2n) is 6.36. The van der Waals surface area contributed by atoms with Crippen LogP contribution in [0.2, 0.25) is 5.02 Å². The summed E-state index contributed by atoms with van der Waals surface area (Å²) >= 11 is 7.42. The highest BCUT2D eigenvalue weighted by Gasteiger charge is 2.39. The molecular weight excluding hydrogens is 382 g/mol. The summed E-state index contributed by atoms with van der Waals surface area (Å²) in [6.07, 6.45) is 0. The predicted octanol–water partition coefficient (Wildman–Crippen LogP) is 3.96. The van der Waals surface area contributed by atoms with Crippen LogP contribution in [-0.2, 0) is 16.1 Å². The average molecular weight is 402 g/mol. The maximum Gasteiger partial charge on any atom is 0.268 e. The molecule has 0 atom stereocenters. The Bertz CT molecular complexity index is 939. The van der Waals surface area contributed by atoms with Crippen LogP contribution in [-0.4, -0.2) is 34.2 Å². The van der Waals surface area contributed by atoms with E-state index in [0.29, 0.717) is 26.8 Å². The third-order valence-electron chi connectivity index (χ3n) is 4.55. The fourth-order valence-corrected chi connectivity index (χ4v) is 4.00. The van der Waals surface area contributed by atoms with Crippen LogP contribution in [0.15, 0.2) is 47.4 Å². The Morgan fingerprint density at radius 2 is 1.78 bits per heavy atom. The van der Waals surface area contributed by atoms with Gasteiger partial charge in [-0.1, -0.05) is 48.0 Å². The van der Waals surface area contributed by atoms with Crippen LogP contribution in [0.4, 0.5) is 0 Å². The highest BCUT2D eigenvalue weighted by atomic mass is 35.5. The van der Waals surface area contributed by atoms with E-state index < -0.39 is 0 Å². The molecule has 2 aromatic carbocycles.